The summed E-state index contributed by atoms with van der Waals surface area (Å²) in [7, 11) is 0. The number of aromatic nitrogens is 1. The number of carbonyl (C=O) groups is 1. The minimum absolute atomic E-state index is 0.131. The summed E-state index contributed by atoms with van der Waals surface area (Å²) in [5, 5.41) is 0.417. The van der Waals surface area contributed by atoms with Crippen molar-refractivity contribution in [3.63, 3.8) is 0 Å². The molecule has 4 heteroatoms. The van der Waals surface area contributed by atoms with Crippen molar-refractivity contribution >= 4 is 17.6 Å². The molecule has 0 amide bonds. The highest BCUT2D eigenvalue weighted by atomic mass is 35.5. The van der Waals surface area contributed by atoms with E-state index >= 15 is 0 Å². The predicted octanol–water partition coefficient (Wildman–Crippen LogP) is 2.01. The summed E-state index contributed by atoms with van der Waals surface area (Å²) in [5.41, 5.74) is 1.27. The van der Waals surface area contributed by atoms with Crippen molar-refractivity contribution in [1.29, 1.82) is 0 Å². The second-order valence-corrected chi connectivity index (χ2v) is 3.45. The minimum Gasteiger partial charge on any atom is -0.461 e. The average Bonchev–Trinajstić information content (AvgIpc) is 2.12. The molecule has 0 fully saturated rings. The van der Waals surface area contributed by atoms with E-state index in [0.717, 1.165) is 5.69 Å². The molecule has 1 aromatic heterocycles. The van der Waals surface area contributed by atoms with Crippen molar-refractivity contribution < 1.29 is 9.53 Å². The molecule has 2 heterocycles. The summed E-state index contributed by atoms with van der Waals surface area (Å²) < 4.78 is 4.93. The molecule has 68 valence electrons. The number of esters is 1. The average molecular weight is 198 g/mol. The van der Waals surface area contributed by atoms with Crippen LogP contribution in [0.2, 0.25) is 5.15 Å². The molecule has 0 aliphatic carbocycles. The van der Waals surface area contributed by atoms with Crippen LogP contribution < -0.4 is 0 Å². The van der Waals surface area contributed by atoms with Crippen LogP contribution >= 0.6 is 11.6 Å². The van der Waals surface area contributed by atoms with Gasteiger partial charge in [-0.1, -0.05) is 18.5 Å². The molecule has 2 rings (SSSR count). The molecule has 1 aromatic rings. The van der Waals surface area contributed by atoms with Gasteiger partial charge in [-0.25, -0.2) is 9.78 Å². The maximum atomic E-state index is 11.2. The van der Waals surface area contributed by atoms with Gasteiger partial charge in [-0.15, -0.1) is 0 Å². The van der Waals surface area contributed by atoms with Crippen LogP contribution in [0.15, 0.2) is 12.1 Å². The molecule has 1 aliphatic heterocycles. The predicted molar refractivity (Wildman–Crippen MR) is 47.9 cm³/mol. The zero-order chi connectivity index (χ0) is 9.42. The van der Waals surface area contributed by atoms with E-state index in [1.807, 2.05) is 6.92 Å². The Morgan fingerprint density at radius 3 is 3.15 bits per heavy atom. The smallest absolute Gasteiger partial charge is 0.340 e. The molecule has 0 unspecified atom stereocenters. The Bertz CT molecular complexity index is 365. The zero-order valence-electron chi connectivity index (χ0n) is 7.08. The van der Waals surface area contributed by atoms with Crippen LogP contribution in [0.25, 0.3) is 0 Å². The quantitative estimate of drug-likeness (QED) is 0.472. The van der Waals surface area contributed by atoms with E-state index in [9.17, 15) is 4.79 Å². The van der Waals surface area contributed by atoms with Gasteiger partial charge in [-0.05, 0) is 12.1 Å². The summed E-state index contributed by atoms with van der Waals surface area (Å²) in [6.07, 6.45) is 0. The van der Waals surface area contributed by atoms with Gasteiger partial charge in [0.05, 0.1) is 17.9 Å². The van der Waals surface area contributed by atoms with E-state index in [1.165, 1.54) is 0 Å². The summed E-state index contributed by atoms with van der Waals surface area (Å²) >= 11 is 5.73. The third-order valence-corrected chi connectivity index (χ3v) is 2.25. The first-order valence-corrected chi connectivity index (χ1v) is 4.40. The van der Waals surface area contributed by atoms with Crippen LogP contribution in [0.4, 0.5) is 0 Å². The van der Waals surface area contributed by atoms with Crippen molar-refractivity contribution in [3.05, 3.63) is 28.5 Å². The number of hydrogen-bond acceptors (Lipinski definition) is 3. The Hall–Kier alpha value is -1.09. The van der Waals surface area contributed by atoms with Gasteiger partial charge in [0.2, 0.25) is 0 Å². The van der Waals surface area contributed by atoms with Crippen molar-refractivity contribution in [1.82, 2.24) is 4.98 Å². The van der Waals surface area contributed by atoms with Crippen LogP contribution in [-0.2, 0) is 4.74 Å². The Balaban J connectivity index is 2.57. The molecule has 0 radical (unpaired) electrons. The van der Waals surface area contributed by atoms with Crippen LogP contribution in [-0.4, -0.2) is 17.6 Å². The molecular formula is C9H8ClNO2. The standard InChI is InChI=1S/C9H8ClNO2/c1-5-4-13-9(12)6-2-3-7(10)11-8(5)6/h2-3,5H,4H2,1H3/t5-/m0/s1. The first-order valence-electron chi connectivity index (χ1n) is 4.02. The Kier molecular flexibility index (Phi) is 1.96. The summed E-state index contributed by atoms with van der Waals surface area (Å²) in [5.74, 6) is -0.177. The molecule has 0 saturated carbocycles. The van der Waals surface area contributed by atoms with Gasteiger partial charge in [0.25, 0.3) is 0 Å². The highest BCUT2D eigenvalue weighted by Crippen LogP contribution is 2.25. The molecule has 3 nitrogen and oxygen atoms in total. The van der Waals surface area contributed by atoms with Gasteiger partial charge in [0.1, 0.15) is 5.15 Å². The number of pyridine rings is 1. The minimum atomic E-state index is -0.308. The molecule has 0 N–H and O–H groups in total. The third-order valence-electron chi connectivity index (χ3n) is 2.04. The lowest BCUT2D eigenvalue weighted by atomic mass is 10.0. The van der Waals surface area contributed by atoms with Gasteiger partial charge < -0.3 is 4.74 Å². The lowest BCUT2D eigenvalue weighted by Gasteiger charge is -2.20. The molecule has 0 spiro atoms. The second kappa shape index (κ2) is 3.00. The fourth-order valence-corrected chi connectivity index (χ4v) is 1.51. The van der Waals surface area contributed by atoms with Crippen LogP contribution in [0.3, 0.4) is 0 Å². The van der Waals surface area contributed by atoms with Gasteiger partial charge in [0, 0.05) is 5.92 Å². The largest absolute Gasteiger partial charge is 0.461 e. The molecule has 1 atom stereocenters. The SMILES string of the molecule is C[C@H]1COC(=O)c2ccc(Cl)nc21. The van der Waals surface area contributed by atoms with Crippen LogP contribution in [0.1, 0.15) is 28.9 Å². The molecule has 13 heavy (non-hydrogen) atoms. The maximum absolute atomic E-state index is 11.2. The molecule has 0 aromatic carbocycles. The fourth-order valence-electron chi connectivity index (χ4n) is 1.36. The van der Waals surface area contributed by atoms with E-state index < -0.39 is 0 Å². The number of carbonyl (C=O) groups excluding carboxylic acids is 1. The molecule has 0 saturated heterocycles. The number of fused-ring (bicyclic) bond motifs is 1. The van der Waals surface area contributed by atoms with Crippen molar-refractivity contribution in [2.45, 2.75) is 12.8 Å². The molecule has 0 bridgehead atoms. The Morgan fingerprint density at radius 2 is 2.38 bits per heavy atom. The highest BCUT2D eigenvalue weighted by Gasteiger charge is 2.25. The van der Waals surface area contributed by atoms with E-state index in [4.69, 9.17) is 16.3 Å². The number of cyclic esters (lactones) is 1. The second-order valence-electron chi connectivity index (χ2n) is 3.07. The number of ether oxygens (including phenoxy) is 1. The summed E-state index contributed by atoms with van der Waals surface area (Å²) in [4.78, 5) is 15.3. The lowest BCUT2D eigenvalue weighted by molar-refractivity contribution is 0.0445. The number of hydrogen-bond donors (Lipinski definition) is 0. The van der Waals surface area contributed by atoms with E-state index in [1.54, 1.807) is 12.1 Å². The molecular weight excluding hydrogens is 190 g/mol. The van der Waals surface area contributed by atoms with E-state index in [-0.39, 0.29) is 11.9 Å². The fraction of sp³-hybridized carbons (Fsp3) is 0.333. The Morgan fingerprint density at radius 1 is 1.62 bits per heavy atom. The van der Waals surface area contributed by atoms with Crippen molar-refractivity contribution in [2.75, 3.05) is 6.61 Å². The lowest BCUT2D eigenvalue weighted by Crippen LogP contribution is -2.22. The van der Waals surface area contributed by atoms with Gasteiger partial charge >= 0.3 is 5.97 Å². The van der Waals surface area contributed by atoms with Crippen molar-refractivity contribution in [3.8, 4) is 0 Å². The van der Waals surface area contributed by atoms with E-state index in [2.05, 4.69) is 4.98 Å². The third kappa shape index (κ3) is 1.40. The van der Waals surface area contributed by atoms with Crippen molar-refractivity contribution in [2.24, 2.45) is 0 Å². The number of halogens is 1. The van der Waals surface area contributed by atoms with Gasteiger partial charge in [-0.3, -0.25) is 0 Å². The van der Waals surface area contributed by atoms with Crippen LogP contribution in [0.5, 0.6) is 0 Å². The number of rotatable bonds is 0. The zero-order valence-corrected chi connectivity index (χ0v) is 7.84. The maximum Gasteiger partial charge on any atom is 0.340 e. The summed E-state index contributed by atoms with van der Waals surface area (Å²) in [6.45, 7) is 2.34. The normalized spacial score (nSPS) is 20.8. The van der Waals surface area contributed by atoms with Gasteiger partial charge in [-0.2, -0.15) is 0 Å². The number of nitrogens with zero attached hydrogens (tertiary/aromatic N) is 1. The highest BCUT2D eigenvalue weighted by molar-refractivity contribution is 6.29. The summed E-state index contributed by atoms with van der Waals surface area (Å²) in [6, 6.07) is 3.25. The first-order chi connectivity index (χ1) is 6.18. The van der Waals surface area contributed by atoms with E-state index in [0.29, 0.717) is 17.3 Å². The van der Waals surface area contributed by atoms with Crippen LogP contribution in [0, 0.1) is 0 Å². The monoisotopic (exact) mass is 197 g/mol. The molecule has 1 aliphatic rings. The van der Waals surface area contributed by atoms with Gasteiger partial charge in [0.15, 0.2) is 0 Å². The topological polar surface area (TPSA) is 39.2 Å². The first kappa shape index (κ1) is 8.51. The Labute approximate surface area is 80.7 Å².